The first-order valence-corrected chi connectivity index (χ1v) is 51.8. The summed E-state index contributed by atoms with van der Waals surface area (Å²) in [5.74, 6) is 1.27. The topological polar surface area (TPSA) is 237 Å². The van der Waals surface area contributed by atoms with Gasteiger partial charge in [0, 0.05) is 25.7 Å². The van der Waals surface area contributed by atoms with Gasteiger partial charge in [-0.2, -0.15) is 0 Å². The monoisotopic (exact) mass is 1660 g/mol. The molecule has 0 amide bonds. The average molecular weight is 1660 g/mol. The van der Waals surface area contributed by atoms with Crippen LogP contribution in [0, 0.1) is 23.7 Å². The van der Waals surface area contributed by atoms with Crippen LogP contribution in [0.3, 0.4) is 0 Å². The summed E-state index contributed by atoms with van der Waals surface area (Å²) in [5, 5.41) is 10.7. The van der Waals surface area contributed by atoms with Crippen molar-refractivity contribution in [1.82, 2.24) is 0 Å². The van der Waals surface area contributed by atoms with E-state index in [0.29, 0.717) is 25.7 Å². The van der Waals surface area contributed by atoms with Gasteiger partial charge in [0.2, 0.25) is 0 Å². The summed E-state index contributed by atoms with van der Waals surface area (Å²) in [4.78, 5) is 73.6. The first-order valence-electron chi connectivity index (χ1n) is 48.9. The zero-order chi connectivity index (χ0) is 83.7. The lowest BCUT2D eigenvalue weighted by molar-refractivity contribution is -0.161. The third kappa shape index (κ3) is 82.4. The number of ether oxygens (including phenoxy) is 4. The molecular formula is C95H186O17P2. The minimum atomic E-state index is -4.97. The zero-order valence-electron chi connectivity index (χ0n) is 75.7. The number of carbonyl (C=O) groups is 4. The zero-order valence-corrected chi connectivity index (χ0v) is 77.5. The molecule has 0 aliphatic carbocycles. The number of aliphatic hydroxyl groups excluding tert-OH is 1. The molecule has 17 nitrogen and oxygen atoms in total. The Morgan fingerprint density at radius 2 is 0.395 bits per heavy atom. The molecule has 0 aliphatic rings. The Labute approximate surface area is 702 Å². The number of phosphoric acid groups is 2. The molecule has 0 spiro atoms. The maximum absolute atomic E-state index is 13.2. The summed E-state index contributed by atoms with van der Waals surface area (Å²) < 4.78 is 69.2. The molecule has 19 heteroatoms. The maximum Gasteiger partial charge on any atom is 0.472 e. The van der Waals surface area contributed by atoms with E-state index in [0.717, 1.165) is 114 Å². The van der Waals surface area contributed by atoms with E-state index in [4.69, 9.17) is 37.0 Å². The van der Waals surface area contributed by atoms with E-state index in [1.165, 1.54) is 308 Å². The van der Waals surface area contributed by atoms with Crippen molar-refractivity contribution in [3.63, 3.8) is 0 Å². The fourth-order valence-electron chi connectivity index (χ4n) is 14.8. The molecule has 114 heavy (non-hydrogen) atoms. The largest absolute Gasteiger partial charge is 0.472 e. The Hall–Kier alpha value is -1.94. The molecule has 6 unspecified atom stereocenters. The highest BCUT2D eigenvalue weighted by atomic mass is 31.2. The molecule has 0 aromatic carbocycles. The van der Waals surface area contributed by atoms with Crippen LogP contribution in [0.25, 0.3) is 0 Å². The lowest BCUT2D eigenvalue weighted by Crippen LogP contribution is -2.30. The summed E-state index contributed by atoms with van der Waals surface area (Å²) in [6.07, 6.45) is 76.3. The maximum atomic E-state index is 13.2. The molecule has 0 fully saturated rings. The Bertz CT molecular complexity index is 2210. The Balaban J connectivity index is 5.25. The van der Waals surface area contributed by atoms with Crippen LogP contribution in [0.1, 0.15) is 505 Å². The summed E-state index contributed by atoms with van der Waals surface area (Å²) in [6, 6.07) is 0. The van der Waals surface area contributed by atoms with Crippen molar-refractivity contribution in [3.8, 4) is 0 Å². The Morgan fingerprint density at radius 3 is 0.579 bits per heavy atom. The molecule has 0 aromatic heterocycles. The van der Waals surface area contributed by atoms with Crippen LogP contribution in [-0.2, 0) is 65.4 Å². The fourth-order valence-corrected chi connectivity index (χ4v) is 16.4. The van der Waals surface area contributed by atoms with Gasteiger partial charge >= 0.3 is 39.5 Å². The van der Waals surface area contributed by atoms with Crippen molar-refractivity contribution in [3.05, 3.63) is 0 Å². The minimum Gasteiger partial charge on any atom is -0.462 e. The van der Waals surface area contributed by atoms with Gasteiger partial charge in [0.15, 0.2) is 12.2 Å². The second-order valence-corrected chi connectivity index (χ2v) is 38.0. The Kier molecular flexibility index (Phi) is 81.9. The normalized spacial score (nSPS) is 14.7. The van der Waals surface area contributed by atoms with Crippen molar-refractivity contribution in [1.29, 1.82) is 0 Å². The highest BCUT2D eigenvalue weighted by molar-refractivity contribution is 7.47. The average Bonchev–Trinajstić information content (AvgIpc) is 0.898. The lowest BCUT2D eigenvalue weighted by Gasteiger charge is -2.21. The minimum absolute atomic E-state index is 0.107. The number of rotatable bonds is 92. The predicted molar refractivity (Wildman–Crippen MR) is 474 cm³/mol. The van der Waals surface area contributed by atoms with E-state index in [1.807, 2.05) is 0 Å². The van der Waals surface area contributed by atoms with Gasteiger partial charge in [-0.3, -0.25) is 37.3 Å². The molecule has 0 saturated heterocycles. The summed E-state index contributed by atoms with van der Waals surface area (Å²) in [5.41, 5.74) is 0. The number of aliphatic hydroxyl groups is 1. The number of esters is 4. The quantitative estimate of drug-likeness (QED) is 0.0222. The smallest absolute Gasteiger partial charge is 0.462 e. The van der Waals surface area contributed by atoms with Gasteiger partial charge in [0.25, 0.3) is 0 Å². The molecular weight excluding hydrogens is 1470 g/mol. The van der Waals surface area contributed by atoms with Crippen LogP contribution >= 0.6 is 15.6 Å². The molecule has 9 atom stereocenters. The van der Waals surface area contributed by atoms with E-state index in [9.17, 15) is 43.2 Å². The number of hydrogen-bond acceptors (Lipinski definition) is 15. The molecule has 0 saturated carbocycles. The number of carbonyl (C=O) groups excluding carboxylic acids is 4. The summed E-state index contributed by atoms with van der Waals surface area (Å²) in [7, 11) is -9.94. The van der Waals surface area contributed by atoms with E-state index < -0.39 is 97.5 Å². The van der Waals surface area contributed by atoms with Crippen molar-refractivity contribution in [2.45, 2.75) is 523 Å². The highest BCUT2D eigenvalue weighted by Gasteiger charge is 2.31. The molecule has 3 N–H and O–H groups in total. The predicted octanol–water partition coefficient (Wildman–Crippen LogP) is 29.5. The molecule has 0 aromatic rings. The molecule has 678 valence electrons. The van der Waals surface area contributed by atoms with E-state index in [1.54, 1.807) is 0 Å². The first-order chi connectivity index (χ1) is 55.2. The molecule has 0 aliphatic heterocycles. The number of phosphoric ester groups is 2. The van der Waals surface area contributed by atoms with Crippen LogP contribution in [0.2, 0.25) is 0 Å². The Morgan fingerprint density at radius 1 is 0.237 bits per heavy atom. The lowest BCUT2D eigenvalue weighted by atomic mass is 9.99. The number of hydrogen-bond donors (Lipinski definition) is 3. The van der Waals surface area contributed by atoms with Crippen molar-refractivity contribution < 1.29 is 80.2 Å². The van der Waals surface area contributed by atoms with Crippen LogP contribution in [-0.4, -0.2) is 96.7 Å². The highest BCUT2D eigenvalue weighted by Crippen LogP contribution is 2.45. The fraction of sp³-hybridized carbons (Fsp3) is 0.958. The summed E-state index contributed by atoms with van der Waals surface area (Å²) in [6.45, 7) is 14.5. The van der Waals surface area contributed by atoms with E-state index in [-0.39, 0.29) is 25.7 Å². The van der Waals surface area contributed by atoms with Crippen LogP contribution in [0.4, 0.5) is 0 Å². The van der Waals surface area contributed by atoms with Gasteiger partial charge in [0.05, 0.1) is 26.4 Å². The van der Waals surface area contributed by atoms with Crippen LogP contribution in [0.5, 0.6) is 0 Å². The van der Waals surface area contributed by atoms with Gasteiger partial charge < -0.3 is 33.8 Å². The van der Waals surface area contributed by atoms with Gasteiger partial charge in [-0.05, 0) is 49.4 Å². The van der Waals surface area contributed by atoms with E-state index in [2.05, 4.69) is 55.4 Å². The third-order valence-electron chi connectivity index (χ3n) is 23.8. The van der Waals surface area contributed by atoms with E-state index >= 15 is 0 Å². The van der Waals surface area contributed by atoms with Crippen LogP contribution < -0.4 is 0 Å². The molecule has 0 heterocycles. The van der Waals surface area contributed by atoms with Crippen molar-refractivity contribution >= 4 is 39.5 Å². The first kappa shape index (κ1) is 112. The van der Waals surface area contributed by atoms with Gasteiger partial charge in [-0.15, -0.1) is 0 Å². The molecule has 0 rings (SSSR count). The second-order valence-electron chi connectivity index (χ2n) is 35.1. The van der Waals surface area contributed by atoms with Crippen LogP contribution in [0.15, 0.2) is 0 Å². The number of unbranched alkanes of at least 4 members (excludes halogenated alkanes) is 54. The molecule has 0 radical (unpaired) electrons. The van der Waals surface area contributed by atoms with Gasteiger partial charge in [-0.1, -0.05) is 453 Å². The SMILES string of the molecule is CCC(C)CCCCCCCCCCCCCCCCCCCCC(=O)OC[C@H](COP(=O)(O)OC[C@@H](O)COP(=O)(O)OC[C@@H](COC(=O)CCCCCCCCCCC(C)CC)OC(=O)CCCCCCCCCCCCCCCCC(C)CC)OC(=O)CCCCCCCCCCCCCCCCCCCCC(C)CC. The van der Waals surface area contributed by atoms with Gasteiger partial charge in [-0.25, -0.2) is 9.13 Å². The molecule has 0 bridgehead atoms. The van der Waals surface area contributed by atoms with Crippen molar-refractivity contribution in [2.24, 2.45) is 23.7 Å². The second kappa shape index (κ2) is 83.3. The van der Waals surface area contributed by atoms with Gasteiger partial charge in [0.1, 0.15) is 19.3 Å². The third-order valence-corrected chi connectivity index (χ3v) is 25.7. The van der Waals surface area contributed by atoms with Crippen molar-refractivity contribution in [2.75, 3.05) is 39.6 Å². The summed E-state index contributed by atoms with van der Waals surface area (Å²) >= 11 is 0. The standard InChI is InChI=1S/C95H186O17P2/c1-9-85(5)71-63-55-47-39-33-27-21-17-13-15-19-23-30-36-42-51-59-67-75-92(97)105-81-90(111-94(99)77-69-61-53-43-37-31-24-20-16-14-18-22-28-34-40-48-56-64-72-86(6)10-2)83-109-113(101,102)107-79-89(96)80-108-114(103,104)110-84-91(82-106-93(98)76-68-60-52-46-45-50-58-66-74-88(8)12-4)112-95(100)78-70-62-54-44-38-32-26-25-29-35-41-49-57-65-73-87(7)11-3/h85-91,96H,9-84H2,1-8H3,(H,101,102)(H,103,104)/t85?,86?,87?,88?,89-,90-,91-/m1/s1.